The largest absolute Gasteiger partial charge is 0.486 e. The Morgan fingerprint density at radius 1 is 1.21 bits per heavy atom. The van der Waals surface area contributed by atoms with Crippen molar-refractivity contribution in [3.63, 3.8) is 0 Å². The number of carbonyl (C=O) groups excluding carboxylic acids is 1. The fourth-order valence-corrected chi connectivity index (χ4v) is 4.09. The van der Waals surface area contributed by atoms with Crippen LogP contribution in [0.4, 0.5) is 4.39 Å². The monoisotopic (exact) mass is 397 g/mol. The first-order valence-electron chi connectivity index (χ1n) is 9.00. The first kappa shape index (κ1) is 18.6. The minimum Gasteiger partial charge on any atom is -0.486 e. The predicted octanol–water partition coefficient (Wildman–Crippen LogP) is 3.27. The Labute approximate surface area is 166 Å². The first-order valence-corrected chi connectivity index (χ1v) is 9.88. The molecule has 0 saturated heterocycles. The molecule has 1 atom stereocenters. The van der Waals surface area contributed by atoms with Crippen LogP contribution in [0.5, 0.6) is 5.75 Å². The van der Waals surface area contributed by atoms with E-state index in [0.717, 1.165) is 10.7 Å². The summed E-state index contributed by atoms with van der Waals surface area (Å²) in [6, 6.07) is 13.7. The summed E-state index contributed by atoms with van der Waals surface area (Å²) in [7, 11) is 0. The van der Waals surface area contributed by atoms with Gasteiger partial charge in [-0.15, -0.1) is 11.3 Å². The maximum atomic E-state index is 13.0. The van der Waals surface area contributed by atoms with Crippen molar-refractivity contribution in [2.24, 2.45) is 5.73 Å². The lowest BCUT2D eigenvalue weighted by Gasteiger charge is -2.34. The van der Waals surface area contributed by atoms with Gasteiger partial charge in [0.1, 0.15) is 23.2 Å². The summed E-state index contributed by atoms with van der Waals surface area (Å²) in [5, 5.41) is 2.80. The molecule has 7 heteroatoms. The molecular formula is C21H20FN3O2S. The van der Waals surface area contributed by atoms with E-state index < -0.39 is 0 Å². The Morgan fingerprint density at radius 3 is 2.71 bits per heavy atom. The van der Waals surface area contributed by atoms with Gasteiger partial charge < -0.3 is 10.5 Å². The van der Waals surface area contributed by atoms with Crippen LogP contribution in [0.15, 0.2) is 53.9 Å². The van der Waals surface area contributed by atoms with Gasteiger partial charge in [0.2, 0.25) is 5.91 Å². The second kappa shape index (κ2) is 8.08. The van der Waals surface area contributed by atoms with E-state index in [9.17, 15) is 9.18 Å². The van der Waals surface area contributed by atoms with Gasteiger partial charge in [-0.05, 0) is 41.8 Å². The van der Waals surface area contributed by atoms with Gasteiger partial charge in [0.15, 0.2) is 0 Å². The van der Waals surface area contributed by atoms with Crippen molar-refractivity contribution in [3.05, 3.63) is 81.6 Å². The number of rotatable bonds is 6. The summed E-state index contributed by atoms with van der Waals surface area (Å²) in [5.41, 5.74) is 8.93. The fourth-order valence-electron chi connectivity index (χ4n) is 3.40. The predicted molar refractivity (Wildman–Crippen MR) is 105 cm³/mol. The van der Waals surface area contributed by atoms with E-state index in [0.29, 0.717) is 31.9 Å². The summed E-state index contributed by atoms with van der Waals surface area (Å²) in [4.78, 5) is 18.7. The van der Waals surface area contributed by atoms with Gasteiger partial charge in [0.05, 0.1) is 11.7 Å². The SMILES string of the molecule is NC(=O)[C@@H]1Cc2ccccc2CN1Cc1csc(COc2ccc(F)cc2)n1. The van der Waals surface area contributed by atoms with Crippen LogP contribution in [0.3, 0.4) is 0 Å². The van der Waals surface area contributed by atoms with Gasteiger partial charge in [-0.1, -0.05) is 24.3 Å². The van der Waals surface area contributed by atoms with E-state index >= 15 is 0 Å². The maximum absolute atomic E-state index is 13.0. The van der Waals surface area contributed by atoms with Crippen molar-refractivity contribution in [2.75, 3.05) is 0 Å². The zero-order chi connectivity index (χ0) is 19.5. The van der Waals surface area contributed by atoms with Gasteiger partial charge >= 0.3 is 0 Å². The normalized spacial score (nSPS) is 16.5. The van der Waals surface area contributed by atoms with Crippen LogP contribution in [0.25, 0.3) is 0 Å². The highest BCUT2D eigenvalue weighted by Gasteiger charge is 2.30. The highest BCUT2D eigenvalue weighted by Crippen LogP contribution is 2.25. The third-order valence-corrected chi connectivity index (χ3v) is 5.69. The second-order valence-electron chi connectivity index (χ2n) is 6.77. The van der Waals surface area contributed by atoms with Crippen molar-refractivity contribution in [1.82, 2.24) is 9.88 Å². The highest BCUT2D eigenvalue weighted by molar-refractivity contribution is 7.09. The third-order valence-electron chi connectivity index (χ3n) is 4.81. The maximum Gasteiger partial charge on any atom is 0.235 e. The van der Waals surface area contributed by atoms with Crippen LogP contribution in [-0.4, -0.2) is 21.8 Å². The molecule has 144 valence electrons. The Balaban J connectivity index is 1.42. The molecule has 0 saturated carbocycles. The smallest absolute Gasteiger partial charge is 0.235 e. The van der Waals surface area contributed by atoms with Crippen LogP contribution in [0.1, 0.15) is 21.8 Å². The van der Waals surface area contributed by atoms with Crippen LogP contribution >= 0.6 is 11.3 Å². The average molecular weight is 397 g/mol. The number of halogens is 1. The van der Waals surface area contributed by atoms with Gasteiger partial charge in [-0.3, -0.25) is 9.69 Å². The Morgan fingerprint density at radius 2 is 1.96 bits per heavy atom. The van der Waals surface area contributed by atoms with Crippen LogP contribution < -0.4 is 10.5 Å². The average Bonchev–Trinajstić information content (AvgIpc) is 3.14. The van der Waals surface area contributed by atoms with Crippen molar-refractivity contribution < 1.29 is 13.9 Å². The quantitative estimate of drug-likeness (QED) is 0.693. The number of amides is 1. The minimum atomic E-state index is -0.337. The minimum absolute atomic E-state index is 0.295. The number of ether oxygens (including phenoxy) is 1. The number of benzene rings is 2. The van der Waals surface area contributed by atoms with E-state index in [1.165, 1.54) is 34.6 Å². The number of nitrogens with zero attached hydrogens (tertiary/aromatic N) is 2. The topological polar surface area (TPSA) is 68.5 Å². The zero-order valence-corrected chi connectivity index (χ0v) is 16.0. The molecule has 0 aliphatic carbocycles. The van der Waals surface area contributed by atoms with Crippen molar-refractivity contribution in [2.45, 2.75) is 32.2 Å². The number of thiazole rings is 1. The standard InChI is InChI=1S/C21H20FN3O2S/c22-16-5-7-18(8-6-16)27-12-20-24-17(13-28-20)11-25-10-15-4-2-1-3-14(15)9-19(25)21(23)26/h1-8,13,19H,9-12H2,(H2,23,26)/t19-/m0/s1. The van der Waals surface area contributed by atoms with E-state index in [-0.39, 0.29) is 17.8 Å². The molecule has 1 amide bonds. The molecule has 28 heavy (non-hydrogen) atoms. The Kier molecular flexibility index (Phi) is 5.36. The molecule has 1 aliphatic rings. The second-order valence-corrected chi connectivity index (χ2v) is 7.71. The van der Waals surface area contributed by atoms with Gasteiger partial charge in [0.25, 0.3) is 0 Å². The number of carbonyl (C=O) groups is 1. The molecule has 2 N–H and O–H groups in total. The summed E-state index contributed by atoms with van der Waals surface area (Å²) >= 11 is 1.50. The van der Waals surface area contributed by atoms with Gasteiger partial charge in [-0.25, -0.2) is 9.37 Å². The lowest BCUT2D eigenvalue weighted by Crippen LogP contribution is -2.48. The van der Waals surface area contributed by atoms with Crippen molar-refractivity contribution in [1.29, 1.82) is 0 Å². The highest BCUT2D eigenvalue weighted by atomic mass is 32.1. The summed E-state index contributed by atoms with van der Waals surface area (Å²) in [6.07, 6.45) is 0.621. The molecule has 0 fully saturated rings. The molecule has 1 aromatic heterocycles. The Bertz CT molecular complexity index is 974. The number of primary amides is 1. The zero-order valence-electron chi connectivity index (χ0n) is 15.2. The van der Waals surface area contributed by atoms with Gasteiger partial charge in [0, 0.05) is 18.5 Å². The van der Waals surface area contributed by atoms with E-state index in [2.05, 4.69) is 22.0 Å². The summed E-state index contributed by atoms with van der Waals surface area (Å²) in [6.45, 7) is 1.54. The lowest BCUT2D eigenvalue weighted by atomic mass is 9.93. The molecule has 2 heterocycles. The first-order chi connectivity index (χ1) is 13.6. The molecule has 4 rings (SSSR count). The van der Waals surface area contributed by atoms with E-state index in [1.54, 1.807) is 12.1 Å². The lowest BCUT2D eigenvalue weighted by molar-refractivity contribution is -0.124. The molecule has 2 aromatic carbocycles. The number of hydrogen-bond donors (Lipinski definition) is 1. The molecule has 3 aromatic rings. The fraction of sp³-hybridized carbons (Fsp3) is 0.238. The number of hydrogen-bond acceptors (Lipinski definition) is 5. The van der Waals surface area contributed by atoms with E-state index in [1.807, 2.05) is 17.5 Å². The Hall–Kier alpha value is -2.77. The van der Waals surface area contributed by atoms with E-state index in [4.69, 9.17) is 10.5 Å². The number of nitrogens with two attached hydrogens (primary N) is 1. The number of fused-ring (bicyclic) bond motifs is 1. The summed E-state index contributed by atoms with van der Waals surface area (Å²) in [5.74, 6) is -0.0137. The molecule has 0 spiro atoms. The summed E-state index contributed by atoms with van der Waals surface area (Å²) < 4.78 is 18.6. The molecule has 0 unspecified atom stereocenters. The van der Waals surface area contributed by atoms with Gasteiger partial charge in [-0.2, -0.15) is 0 Å². The molecule has 0 radical (unpaired) electrons. The molecular weight excluding hydrogens is 377 g/mol. The van der Waals surface area contributed by atoms with Crippen molar-refractivity contribution >= 4 is 17.2 Å². The van der Waals surface area contributed by atoms with Crippen LogP contribution in [0.2, 0.25) is 0 Å². The third kappa shape index (κ3) is 4.21. The molecule has 1 aliphatic heterocycles. The number of aromatic nitrogens is 1. The molecule has 0 bridgehead atoms. The van der Waals surface area contributed by atoms with Crippen molar-refractivity contribution in [3.8, 4) is 5.75 Å². The van der Waals surface area contributed by atoms with Crippen LogP contribution in [0, 0.1) is 5.82 Å². The van der Waals surface area contributed by atoms with Crippen LogP contribution in [-0.2, 0) is 30.9 Å². The molecule has 5 nitrogen and oxygen atoms in total.